The Labute approximate surface area is 135 Å². The summed E-state index contributed by atoms with van der Waals surface area (Å²) in [7, 11) is 0. The van der Waals surface area contributed by atoms with Gasteiger partial charge in [0.15, 0.2) is 0 Å². The van der Waals surface area contributed by atoms with E-state index in [4.69, 9.17) is 0 Å². The Morgan fingerprint density at radius 2 is 1.91 bits per heavy atom. The Morgan fingerprint density at radius 3 is 2.78 bits per heavy atom. The summed E-state index contributed by atoms with van der Waals surface area (Å²) in [5.41, 5.74) is 5.43. The predicted octanol–water partition coefficient (Wildman–Crippen LogP) is 4.83. The largest absolute Gasteiger partial charge is 0.354 e. The van der Waals surface area contributed by atoms with Crippen molar-refractivity contribution in [3.05, 3.63) is 60.4 Å². The third kappa shape index (κ3) is 1.90. The number of nitrogens with one attached hydrogen (secondary N) is 2. The van der Waals surface area contributed by atoms with Gasteiger partial charge in [-0.3, -0.25) is 4.98 Å². The fourth-order valence-corrected chi connectivity index (χ4v) is 3.68. The van der Waals surface area contributed by atoms with Gasteiger partial charge in [-0.15, -0.1) is 11.3 Å². The molecule has 4 heterocycles. The van der Waals surface area contributed by atoms with Crippen molar-refractivity contribution in [2.75, 3.05) is 0 Å². The van der Waals surface area contributed by atoms with Gasteiger partial charge in [-0.2, -0.15) is 0 Å². The third-order valence-corrected chi connectivity index (χ3v) is 4.84. The number of fused-ring (bicyclic) bond motifs is 2. The van der Waals surface area contributed by atoms with E-state index in [9.17, 15) is 0 Å². The molecule has 0 unspecified atom stereocenters. The minimum atomic E-state index is 0.981. The number of para-hydroxylation sites is 1. The zero-order chi connectivity index (χ0) is 15.2. The van der Waals surface area contributed by atoms with Gasteiger partial charge < -0.3 is 9.97 Å². The molecular formula is C18H12N4S. The smallest absolute Gasteiger partial charge is 0.140 e. The van der Waals surface area contributed by atoms with Gasteiger partial charge in [-0.25, -0.2) is 4.98 Å². The van der Waals surface area contributed by atoms with Crippen molar-refractivity contribution >= 4 is 33.1 Å². The van der Waals surface area contributed by atoms with E-state index in [-0.39, 0.29) is 0 Å². The van der Waals surface area contributed by atoms with E-state index < -0.39 is 0 Å². The molecule has 0 saturated carbocycles. The predicted molar refractivity (Wildman–Crippen MR) is 94.5 cm³/mol. The summed E-state index contributed by atoms with van der Waals surface area (Å²) in [6.07, 6.45) is 5.52. The molecule has 4 nitrogen and oxygen atoms in total. The quantitative estimate of drug-likeness (QED) is 0.490. The van der Waals surface area contributed by atoms with Crippen molar-refractivity contribution in [2.45, 2.75) is 0 Å². The van der Waals surface area contributed by atoms with E-state index in [0.717, 1.165) is 38.4 Å². The number of aromatic nitrogens is 4. The number of aromatic amines is 2. The van der Waals surface area contributed by atoms with Gasteiger partial charge in [0.25, 0.3) is 0 Å². The average Bonchev–Trinajstić information content (AvgIpc) is 3.31. The standard InChI is InChI=1S/C18H12N4S/c1-2-4-13-11(3-1)9-14(21-13)16-12-5-6-19-10-15(12)22-17(16)18-20-7-8-23-18/h1-10,21-22H. The molecule has 0 aliphatic carbocycles. The van der Waals surface area contributed by atoms with E-state index in [2.05, 4.69) is 44.2 Å². The Morgan fingerprint density at radius 1 is 0.957 bits per heavy atom. The molecule has 0 aliphatic heterocycles. The molecule has 0 aliphatic rings. The number of rotatable bonds is 2. The van der Waals surface area contributed by atoms with Crippen LogP contribution in [0, 0.1) is 0 Å². The number of nitrogens with zero attached hydrogens (tertiary/aromatic N) is 2. The highest BCUT2D eigenvalue weighted by molar-refractivity contribution is 7.13. The fourth-order valence-electron chi connectivity index (χ4n) is 3.04. The molecule has 2 N–H and O–H groups in total. The summed E-state index contributed by atoms with van der Waals surface area (Å²) in [6, 6.07) is 12.6. The lowest BCUT2D eigenvalue weighted by Crippen LogP contribution is -1.81. The third-order valence-electron chi connectivity index (χ3n) is 4.05. The van der Waals surface area contributed by atoms with Crippen LogP contribution in [0.2, 0.25) is 0 Å². The van der Waals surface area contributed by atoms with Crippen molar-refractivity contribution < 1.29 is 0 Å². The number of H-pyrrole nitrogens is 2. The van der Waals surface area contributed by atoms with Gasteiger partial charge in [0, 0.05) is 45.3 Å². The summed E-state index contributed by atoms with van der Waals surface area (Å²) in [6.45, 7) is 0. The van der Waals surface area contributed by atoms with Crippen LogP contribution in [0.3, 0.4) is 0 Å². The van der Waals surface area contributed by atoms with Crippen molar-refractivity contribution in [1.29, 1.82) is 0 Å². The number of thiazole rings is 1. The van der Waals surface area contributed by atoms with Crippen LogP contribution in [0.5, 0.6) is 0 Å². The Balaban J connectivity index is 1.87. The lowest BCUT2D eigenvalue weighted by Gasteiger charge is -2.00. The molecule has 0 bridgehead atoms. The second-order valence-electron chi connectivity index (χ2n) is 5.40. The van der Waals surface area contributed by atoms with Gasteiger partial charge in [-0.1, -0.05) is 18.2 Å². The molecule has 1 aromatic carbocycles. The molecule has 5 rings (SSSR count). The van der Waals surface area contributed by atoms with E-state index in [1.807, 2.05) is 36.1 Å². The van der Waals surface area contributed by atoms with E-state index in [1.165, 1.54) is 5.39 Å². The molecule has 5 heteroatoms. The van der Waals surface area contributed by atoms with Crippen LogP contribution < -0.4 is 0 Å². The van der Waals surface area contributed by atoms with Crippen molar-refractivity contribution in [3.63, 3.8) is 0 Å². The van der Waals surface area contributed by atoms with Gasteiger partial charge in [0.05, 0.1) is 17.4 Å². The molecule has 23 heavy (non-hydrogen) atoms. The Kier molecular flexibility index (Phi) is 2.63. The highest BCUT2D eigenvalue weighted by Crippen LogP contribution is 2.39. The monoisotopic (exact) mass is 316 g/mol. The van der Waals surface area contributed by atoms with Gasteiger partial charge in [-0.05, 0) is 18.2 Å². The SMILES string of the molecule is c1ccc2[nH]c(-c3c(-c4nccs4)[nH]c4cnccc34)cc2c1. The highest BCUT2D eigenvalue weighted by atomic mass is 32.1. The molecule has 110 valence electrons. The Hall–Kier alpha value is -2.92. The summed E-state index contributed by atoms with van der Waals surface area (Å²) < 4.78 is 0. The van der Waals surface area contributed by atoms with Crippen molar-refractivity contribution in [3.8, 4) is 22.0 Å². The minimum Gasteiger partial charge on any atom is -0.354 e. The molecular weight excluding hydrogens is 304 g/mol. The molecule has 0 amide bonds. The maximum Gasteiger partial charge on any atom is 0.140 e. The zero-order valence-corrected chi connectivity index (χ0v) is 12.9. The summed E-state index contributed by atoms with van der Waals surface area (Å²) >= 11 is 1.63. The first-order valence-electron chi connectivity index (χ1n) is 7.34. The molecule has 0 radical (unpaired) electrons. The van der Waals surface area contributed by atoms with Crippen LogP contribution >= 0.6 is 11.3 Å². The van der Waals surface area contributed by atoms with E-state index >= 15 is 0 Å². The first-order valence-corrected chi connectivity index (χ1v) is 8.22. The summed E-state index contributed by atoms with van der Waals surface area (Å²) in [4.78, 5) is 15.7. The first-order chi connectivity index (χ1) is 11.4. The lowest BCUT2D eigenvalue weighted by molar-refractivity contribution is 1.32. The van der Waals surface area contributed by atoms with Gasteiger partial charge in [0.2, 0.25) is 0 Å². The van der Waals surface area contributed by atoms with E-state index in [1.54, 1.807) is 11.3 Å². The van der Waals surface area contributed by atoms with Crippen LogP contribution in [0.25, 0.3) is 43.8 Å². The fraction of sp³-hybridized carbons (Fsp3) is 0. The van der Waals surface area contributed by atoms with Gasteiger partial charge in [0.1, 0.15) is 5.01 Å². The molecule has 4 aromatic heterocycles. The van der Waals surface area contributed by atoms with Crippen molar-refractivity contribution in [2.24, 2.45) is 0 Å². The number of benzene rings is 1. The molecule has 5 aromatic rings. The van der Waals surface area contributed by atoms with Crippen molar-refractivity contribution in [1.82, 2.24) is 19.9 Å². The molecule has 0 fully saturated rings. The summed E-state index contributed by atoms with van der Waals surface area (Å²) in [5, 5.41) is 5.33. The number of hydrogen-bond donors (Lipinski definition) is 2. The zero-order valence-electron chi connectivity index (χ0n) is 12.1. The molecule has 0 saturated heterocycles. The maximum atomic E-state index is 4.47. The number of pyridine rings is 1. The van der Waals surface area contributed by atoms with Crippen LogP contribution in [0.15, 0.2) is 60.4 Å². The lowest BCUT2D eigenvalue weighted by atomic mass is 10.1. The molecule has 0 atom stereocenters. The highest BCUT2D eigenvalue weighted by Gasteiger charge is 2.18. The second kappa shape index (κ2) is 4.79. The minimum absolute atomic E-state index is 0.981. The van der Waals surface area contributed by atoms with Crippen LogP contribution in [0.4, 0.5) is 0 Å². The van der Waals surface area contributed by atoms with Crippen LogP contribution in [-0.2, 0) is 0 Å². The summed E-state index contributed by atoms with van der Waals surface area (Å²) in [5.74, 6) is 0. The second-order valence-corrected chi connectivity index (χ2v) is 6.30. The maximum absolute atomic E-state index is 4.47. The van der Waals surface area contributed by atoms with Crippen LogP contribution in [0.1, 0.15) is 0 Å². The Bertz CT molecular complexity index is 1090. The van der Waals surface area contributed by atoms with Gasteiger partial charge >= 0.3 is 0 Å². The normalized spacial score (nSPS) is 11.5. The topological polar surface area (TPSA) is 57.4 Å². The first kappa shape index (κ1) is 12.6. The van der Waals surface area contributed by atoms with Crippen LogP contribution in [-0.4, -0.2) is 19.9 Å². The van der Waals surface area contributed by atoms with E-state index in [0.29, 0.717) is 0 Å². The average molecular weight is 316 g/mol. The number of hydrogen-bond acceptors (Lipinski definition) is 3. The molecule has 0 spiro atoms.